The minimum atomic E-state index is 0.421. The molecule has 4 heterocycles. The fourth-order valence-electron chi connectivity index (χ4n) is 3.50. The van der Waals surface area contributed by atoms with Gasteiger partial charge in [0.05, 0.1) is 17.0 Å². The average Bonchev–Trinajstić information content (AvgIpc) is 3.05. The lowest BCUT2D eigenvalue weighted by atomic mass is 9.92. The minimum absolute atomic E-state index is 0.421. The van der Waals surface area contributed by atoms with Gasteiger partial charge in [-0.2, -0.15) is 0 Å². The third kappa shape index (κ3) is 2.51. The number of pyridine rings is 3. The maximum atomic E-state index is 6.15. The molecule has 5 rings (SSSR count). The van der Waals surface area contributed by atoms with Gasteiger partial charge in [-0.25, -0.2) is 19.9 Å². The summed E-state index contributed by atoms with van der Waals surface area (Å²) in [7, 11) is 0. The summed E-state index contributed by atoms with van der Waals surface area (Å²) in [5.41, 5.74) is 17.0. The second kappa shape index (κ2) is 6.16. The van der Waals surface area contributed by atoms with Crippen LogP contribution in [0.5, 0.6) is 0 Å². The van der Waals surface area contributed by atoms with Crippen molar-refractivity contribution >= 4 is 28.5 Å². The van der Waals surface area contributed by atoms with Crippen molar-refractivity contribution < 1.29 is 0 Å². The third-order valence-electron chi connectivity index (χ3n) is 5.06. The molecule has 1 aliphatic rings. The molecule has 0 fully saturated rings. The smallest absolute Gasteiger partial charge is 0.165 e. The van der Waals surface area contributed by atoms with Crippen LogP contribution in [0.4, 0.5) is 11.6 Å². The molecule has 1 aliphatic carbocycles. The summed E-state index contributed by atoms with van der Waals surface area (Å²) in [6.45, 7) is 2.20. The monoisotopic (exact) mass is 369 g/mol. The van der Waals surface area contributed by atoms with E-state index in [-0.39, 0.29) is 0 Å². The van der Waals surface area contributed by atoms with E-state index in [1.165, 1.54) is 5.70 Å². The molecule has 0 saturated carbocycles. The second-order valence-electron chi connectivity index (χ2n) is 6.96. The number of fused-ring (bicyclic) bond motifs is 1. The number of hydrogen-bond donors (Lipinski definition) is 2. The highest BCUT2D eigenvalue weighted by Crippen LogP contribution is 2.38. The average molecular weight is 369 g/mol. The minimum Gasteiger partial charge on any atom is -0.384 e. The van der Waals surface area contributed by atoms with Crippen LogP contribution in [0.2, 0.25) is 0 Å². The number of aromatic nitrogens is 5. The van der Waals surface area contributed by atoms with Gasteiger partial charge in [-0.05, 0) is 42.8 Å². The van der Waals surface area contributed by atoms with Gasteiger partial charge in [-0.15, -0.1) is 0 Å². The molecular weight excluding hydrogens is 350 g/mol. The summed E-state index contributed by atoms with van der Waals surface area (Å²) in [6.07, 6.45) is 4.92. The van der Waals surface area contributed by atoms with Crippen molar-refractivity contribution in [3.63, 3.8) is 0 Å². The van der Waals surface area contributed by atoms with Gasteiger partial charge < -0.3 is 11.5 Å². The molecular formula is C21H19N7. The molecule has 0 aromatic carbocycles. The fourth-order valence-corrected chi connectivity index (χ4v) is 3.50. The van der Waals surface area contributed by atoms with Crippen molar-refractivity contribution in [3.8, 4) is 22.8 Å². The normalized spacial score (nSPS) is 16.0. The summed E-state index contributed by atoms with van der Waals surface area (Å²) >= 11 is 0. The van der Waals surface area contributed by atoms with Crippen molar-refractivity contribution in [3.05, 3.63) is 54.7 Å². The molecule has 0 radical (unpaired) electrons. The topological polar surface area (TPSA) is 109 Å². The van der Waals surface area contributed by atoms with E-state index < -0.39 is 0 Å². The van der Waals surface area contributed by atoms with Crippen molar-refractivity contribution in [2.24, 2.45) is 5.92 Å². The highest BCUT2D eigenvalue weighted by Gasteiger charge is 2.26. The van der Waals surface area contributed by atoms with E-state index in [9.17, 15) is 0 Å². The summed E-state index contributed by atoms with van der Waals surface area (Å²) < 4.78 is 2.09. The predicted octanol–water partition coefficient (Wildman–Crippen LogP) is 3.60. The van der Waals surface area contributed by atoms with Gasteiger partial charge in [-0.3, -0.25) is 4.57 Å². The lowest BCUT2D eigenvalue weighted by Crippen LogP contribution is -2.15. The molecule has 0 saturated heterocycles. The van der Waals surface area contributed by atoms with E-state index in [1.54, 1.807) is 12.3 Å². The van der Waals surface area contributed by atoms with Crippen molar-refractivity contribution in [2.75, 3.05) is 11.5 Å². The molecule has 0 spiro atoms. The van der Waals surface area contributed by atoms with Crippen molar-refractivity contribution in [1.29, 1.82) is 0 Å². The van der Waals surface area contributed by atoms with E-state index in [0.29, 0.717) is 17.6 Å². The first-order valence-corrected chi connectivity index (χ1v) is 9.15. The van der Waals surface area contributed by atoms with Crippen LogP contribution in [0.1, 0.15) is 13.3 Å². The Morgan fingerprint density at radius 3 is 2.54 bits per heavy atom. The van der Waals surface area contributed by atoms with Crippen LogP contribution < -0.4 is 11.5 Å². The zero-order valence-corrected chi connectivity index (χ0v) is 15.4. The highest BCUT2D eigenvalue weighted by atomic mass is 15.2. The van der Waals surface area contributed by atoms with Crippen LogP contribution in [0.15, 0.2) is 54.7 Å². The van der Waals surface area contributed by atoms with Gasteiger partial charge >= 0.3 is 0 Å². The van der Waals surface area contributed by atoms with E-state index >= 15 is 0 Å². The fraction of sp³-hybridized carbons (Fsp3) is 0.143. The molecule has 4 aromatic rings. The van der Waals surface area contributed by atoms with Crippen LogP contribution in [-0.2, 0) is 0 Å². The zero-order valence-electron chi connectivity index (χ0n) is 15.4. The molecule has 0 aliphatic heterocycles. The molecule has 7 heteroatoms. The van der Waals surface area contributed by atoms with Crippen LogP contribution in [0.3, 0.4) is 0 Å². The first-order chi connectivity index (χ1) is 13.6. The van der Waals surface area contributed by atoms with Crippen LogP contribution >= 0.6 is 0 Å². The summed E-state index contributed by atoms with van der Waals surface area (Å²) in [5, 5.41) is 0. The zero-order chi connectivity index (χ0) is 19.3. The molecule has 0 amide bonds. The Morgan fingerprint density at radius 2 is 1.82 bits per heavy atom. The van der Waals surface area contributed by atoms with Gasteiger partial charge in [0.15, 0.2) is 5.65 Å². The van der Waals surface area contributed by atoms with E-state index in [1.807, 2.05) is 36.4 Å². The quantitative estimate of drug-likeness (QED) is 0.571. The molecule has 7 nitrogen and oxygen atoms in total. The van der Waals surface area contributed by atoms with Crippen LogP contribution in [-0.4, -0.2) is 24.5 Å². The Labute approximate surface area is 161 Å². The first-order valence-electron chi connectivity index (χ1n) is 9.15. The Kier molecular flexibility index (Phi) is 3.61. The van der Waals surface area contributed by atoms with E-state index in [4.69, 9.17) is 21.4 Å². The van der Waals surface area contributed by atoms with Gasteiger partial charge in [0.1, 0.15) is 23.0 Å². The van der Waals surface area contributed by atoms with Crippen molar-refractivity contribution in [1.82, 2.24) is 24.5 Å². The second-order valence-corrected chi connectivity index (χ2v) is 6.96. The maximum absolute atomic E-state index is 6.15. The number of nitrogens with zero attached hydrogens (tertiary/aromatic N) is 5. The number of rotatable bonds is 3. The van der Waals surface area contributed by atoms with E-state index in [0.717, 1.165) is 40.4 Å². The summed E-state index contributed by atoms with van der Waals surface area (Å²) in [4.78, 5) is 18.3. The standard InChI is InChI=1S/C21H19N7/c1-12-7-10-17(12)28-20(13-4-3-11-24-19(13)23)27-16-9-8-15(26-21(16)28)14-5-2-6-18(22)25-14/h2-6,8-12H,7H2,1H3,(H2,22,25)(H2,23,24)/t12-/m0/s1. The molecule has 138 valence electrons. The molecule has 0 bridgehead atoms. The lowest BCUT2D eigenvalue weighted by molar-refractivity contribution is 0.666. The Hall–Kier alpha value is -3.74. The molecule has 1 atom stereocenters. The molecule has 28 heavy (non-hydrogen) atoms. The van der Waals surface area contributed by atoms with Gasteiger partial charge in [-0.1, -0.05) is 19.1 Å². The van der Waals surface area contributed by atoms with Gasteiger partial charge in [0, 0.05) is 17.8 Å². The number of nitrogen functional groups attached to an aromatic ring is 2. The molecule has 4 aromatic heterocycles. The Bertz CT molecular complexity index is 1240. The number of anilines is 2. The first kappa shape index (κ1) is 16.4. The number of imidazole rings is 1. The van der Waals surface area contributed by atoms with Crippen LogP contribution in [0.25, 0.3) is 39.6 Å². The maximum Gasteiger partial charge on any atom is 0.165 e. The number of hydrogen-bond acceptors (Lipinski definition) is 6. The summed E-state index contributed by atoms with van der Waals surface area (Å²) in [5.74, 6) is 2.09. The molecule has 4 N–H and O–H groups in total. The van der Waals surface area contributed by atoms with Crippen molar-refractivity contribution in [2.45, 2.75) is 13.3 Å². The third-order valence-corrected chi connectivity index (χ3v) is 5.06. The predicted molar refractivity (Wildman–Crippen MR) is 111 cm³/mol. The molecule has 0 unspecified atom stereocenters. The van der Waals surface area contributed by atoms with Crippen LogP contribution in [0, 0.1) is 5.92 Å². The highest BCUT2D eigenvalue weighted by molar-refractivity contribution is 5.86. The number of nitrogens with two attached hydrogens (primary N) is 2. The van der Waals surface area contributed by atoms with Gasteiger partial charge in [0.2, 0.25) is 0 Å². The Balaban J connectivity index is 1.78. The Morgan fingerprint density at radius 1 is 0.964 bits per heavy atom. The summed E-state index contributed by atoms with van der Waals surface area (Å²) in [6, 6.07) is 13.2. The SMILES string of the molecule is C[C@H]1CC=C1n1c(-c2cccnc2N)nc2ccc(-c3cccc(N)n3)nc21. The lowest BCUT2D eigenvalue weighted by Gasteiger charge is -2.26. The van der Waals surface area contributed by atoms with Gasteiger partial charge in [0.25, 0.3) is 0 Å². The van der Waals surface area contributed by atoms with E-state index in [2.05, 4.69) is 27.5 Å². The largest absolute Gasteiger partial charge is 0.384 e. The number of allylic oxidation sites excluding steroid dienone is 2.